The van der Waals surface area contributed by atoms with Gasteiger partial charge in [0.15, 0.2) is 0 Å². The van der Waals surface area contributed by atoms with Crippen molar-refractivity contribution in [2.24, 2.45) is 5.92 Å². The van der Waals surface area contributed by atoms with Crippen molar-refractivity contribution in [2.75, 3.05) is 26.2 Å². The molecule has 21 heavy (non-hydrogen) atoms. The Morgan fingerprint density at radius 1 is 1.14 bits per heavy atom. The van der Waals surface area contributed by atoms with Gasteiger partial charge in [0.1, 0.15) is 0 Å². The van der Waals surface area contributed by atoms with Crippen LogP contribution in [0.25, 0.3) is 0 Å². The van der Waals surface area contributed by atoms with Crippen molar-refractivity contribution in [2.45, 2.75) is 46.2 Å². The van der Waals surface area contributed by atoms with Gasteiger partial charge in [-0.3, -0.25) is 4.90 Å². The van der Waals surface area contributed by atoms with Crippen LogP contribution in [0, 0.1) is 5.92 Å². The Kier molecular flexibility index (Phi) is 7.36. The Balaban J connectivity index is 3.06. The third-order valence-electron chi connectivity index (χ3n) is 3.91. The number of nitrogens with one attached hydrogen (secondary N) is 1. The first-order valence-electron chi connectivity index (χ1n) is 8.10. The van der Waals surface area contributed by atoms with Crippen molar-refractivity contribution in [3.63, 3.8) is 0 Å². The van der Waals surface area contributed by atoms with Crippen LogP contribution in [0.1, 0.15) is 40.2 Å². The Hall–Kier alpha value is -0.900. The summed E-state index contributed by atoms with van der Waals surface area (Å²) in [6.45, 7) is 13.8. The molecule has 120 valence electrons. The first-order valence-corrected chi connectivity index (χ1v) is 8.10. The van der Waals surface area contributed by atoms with Crippen molar-refractivity contribution in [1.29, 1.82) is 0 Å². The summed E-state index contributed by atoms with van der Waals surface area (Å²) in [5.74, 6) is 0.612. The molecule has 1 aromatic rings. The predicted octanol–water partition coefficient (Wildman–Crippen LogP) is 2.85. The van der Waals surface area contributed by atoms with Gasteiger partial charge in [-0.25, -0.2) is 0 Å². The van der Waals surface area contributed by atoms with Gasteiger partial charge in [0.25, 0.3) is 0 Å². The van der Waals surface area contributed by atoms with E-state index < -0.39 is 5.54 Å². The molecule has 0 heterocycles. The fourth-order valence-corrected chi connectivity index (χ4v) is 2.82. The number of hydrogen-bond acceptors (Lipinski definition) is 3. The van der Waals surface area contributed by atoms with Crippen molar-refractivity contribution in [1.82, 2.24) is 10.2 Å². The largest absolute Gasteiger partial charge is 0.394 e. The molecule has 0 aliphatic heterocycles. The molecule has 3 nitrogen and oxygen atoms in total. The number of likely N-dealkylation sites (N-methyl/N-ethyl adjacent to an activating group) is 1. The van der Waals surface area contributed by atoms with E-state index in [0.29, 0.717) is 12.0 Å². The minimum atomic E-state index is -0.394. The molecule has 0 saturated carbocycles. The Bertz CT molecular complexity index is 391. The molecule has 0 aromatic heterocycles. The van der Waals surface area contributed by atoms with Crippen LogP contribution >= 0.6 is 0 Å². The predicted molar refractivity (Wildman–Crippen MR) is 90.4 cm³/mol. The van der Waals surface area contributed by atoms with Crippen LogP contribution in [0.15, 0.2) is 30.3 Å². The van der Waals surface area contributed by atoms with Gasteiger partial charge < -0.3 is 10.4 Å². The van der Waals surface area contributed by atoms with E-state index in [9.17, 15) is 5.11 Å². The lowest BCUT2D eigenvalue weighted by molar-refractivity contribution is 0.0843. The van der Waals surface area contributed by atoms with Gasteiger partial charge in [0.05, 0.1) is 12.1 Å². The van der Waals surface area contributed by atoms with Crippen molar-refractivity contribution < 1.29 is 5.11 Å². The monoisotopic (exact) mass is 292 g/mol. The van der Waals surface area contributed by atoms with E-state index in [1.807, 2.05) is 18.2 Å². The number of rotatable bonds is 9. The Morgan fingerprint density at radius 3 is 2.19 bits per heavy atom. The van der Waals surface area contributed by atoms with Crippen LogP contribution in [0.3, 0.4) is 0 Å². The lowest BCUT2D eigenvalue weighted by Crippen LogP contribution is -2.55. The Labute approximate surface area is 130 Å². The second kappa shape index (κ2) is 8.52. The van der Waals surface area contributed by atoms with E-state index >= 15 is 0 Å². The third kappa shape index (κ3) is 5.10. The normalized spacial score (nSPS) is 14.9. The van der Waals surface area contributed by atoms with Crippen molar-refractivity contribution in [3.05, 3.63) is 35.9 Å². The zero-order valence-electron chi connectivity index (χ0n) is 14.3. The fraction of sp³-hybridized carbons (Fsp3) is 0.667. The number of aliphatic hydroxyl groups is 1. The zero-order chi connectivity index (χ0) is 15.9. The summed E-state index contributed by atoms with van der Waals surface area (Å²) in [5, 5.41) is 13.7. The van der Waals surface area contributed by atoms with Crippen LogP contribution in [0.5, 0.6) is 0 Å². The van der Waals surface area contributed by atoms with Crippen LogP contribution in [-0.2, 0) is 5.54 Å². The maximum Gasteiger partial charge on any atom is 0.0797 e. The lowest BCUT2D eigenvalue weighted by atomic mass is 9.89. The molecule has 0 fully saturated rings. The summed E-state index contributed by atoms with van der Waals surface area (Å²) in [6.07, 6.45) is 0. The summed E-state index contributed by atoms with van der Waals surface area (Å²) >= 11 is 0. The molecule has 2 N–H and O–H groups in total. The minimum absolute atomic E-state index is 0.103. The molecular formula is C18H32N2O. The van der Waals surface area contributed by atoms with E-state index in [0.717, 1.165) is 25.2 Å². The van der Waals surface area contributed by atoms with E-state index in [-0.39, 0.29) is 6.61 Å². The summed E-state index contributed by atoms with van der Waals surface area (Å²) in [7, 11) is 0. The van der Waals surface area contributed by atoms with Gasteiger partial charge >= 0.3 is 0 Å². The third-order valence-corrected chi connectivity index (χ3v) is 3.91. The van der Waals surface area contributed by atoms with Crippen LogP contribution < -0.4 is 5.32 Å². The second-order valence-electron chi connectivity index (χ2n) is 6.55. The topological polar surface area (TPSA) is 35.5 Å². The standard InChI is InChI=1S/C18H32N2O/c1-6-19-18(14-21,17-10-8-7-9-11-17)13-20(16(4)5)12-15(2)3/h7-11,15-16,19,21H,6,12-14H2,1-5H3. The van der Waals surface area contributed by atoms with E-state index in [2.05, 4.69) is 57.0 Å². The molecule has 0 radical (unpaired) electrons. The zero-order valence-corrected chi connectivity index (χ0v) is 14.3. The van der Waals surface area contributed by atoms with E-state index in [1.54, 1.807) is 0 Å². The number of hydrogen-bond donors (Lipinski definition) is 2. The van der Waals surface area contributed by atoms with E-state index in [1.165, 1.54) is 0 Å². The molecular weight excluding hydrogens is 260 g/mol. The molecule has 0 aliphatic rings. The van der Waals surface area contributed by atoms with Crippen LogP contribution in [-0.4, -0.2) is 42.3 Å². The summed E-state index contributed by atoms with van der Waals surface area (Å²) in [6, 6.07) is 10.8. The fourth-order valence-electron chi connectivity index (χ4n) is 2.82. The highest BCUT2D eigenvalue weighted by Crippen LogP contribution is 2.23. The van der Waals surface area contributed by atoms with Crippen molar-refractivity contribution in [3.8, 4) is 0 Å². The van der Waals surface area contributed by atoms with Gasteiger partial charge in [0.2, 0.25) is 0 Å². The number of benzene rings is 1. The molecule has 3 heteroatoms. The van der Waals surface area contributed by atoms with Gasteiger partial charge in [0, 0.05) is 19.1 Å². The van der Waals surface area contributed by atoms with Crippen LogP contribution in [0.4, 0.5) is 0 Å². The lowest BCUT2D eigenvalue weighted by Gasteiger charge is -2.40. The minimum Gasteiger partial charge on any atom is -0.394 e. The van der Waals surface area contributed by atoms with E-state index in [4.69, 9.17) is 0 Å². The Morgan fingerprint density at radius 2 is 1.76 bits per heavy atom. The molecule has 0 bridgehead atoms. The molecule has 1 aromatic carbocycles. The molecule has 0 saturated heterocycles. The summed E-state index contributed by atoms with van der Waals surface area (Å²) in [5.41, 5.74) is 0.763. The SMILES string of the molecule is CCNC(CO)(CN(CC(C)C)C(C)C)c1ccccc1. The molecule has 0 spiro atoms. The molecule has 0 amide bonds. The van der Waals surface area contributed by atoms with Gasteiger partial charge in [-0.2, -0.15) is 0 Å². The quantitative estimate of drug-likeness (QED) is 0.734. The molecule has 1 atom stereocenters. The number of nitrogens with zero attached hydrogens (tertiary/aromatic N) is 1. The first kappa shape index (κ1) is 18.1. The summed E-state index contributed by atoms with van der Waals surface area (Å²) in [4.78, 5) is 2.45. The average Bonchev–Trinajstić information content (AvgIpc) is 2.46. The maximum absolute atomic E-state index is 10.1. The highest BCUT2D eigenvalue weighted by molar-refractivity contribution is 5.25. The highest BCUT2D eigenvalue weighted by atomic mass is 16.3. The van der Waals surface area contributed by atoms with Gasteiger partial charge in [-0.15, -0.1) is 0 Å². The number of aliphatic hydroxyl groups excluding tert-OH is 1. The first-order chi connectivity index (χ1) is 9.95. The molecule has 0 aliphatic carbocycles. The van der Waals surface area contributed by atoms with Crippen LogP contribution in [0.2, 0.25) is 0 Å². The molecule has 1 rings (SSSR count). The molecule has 1 unspecified atom stereocenters. The average molecular weight is 292 g/mol. The second-order valence-corrected chi connectivity index (χ2v) is 6.55. The van der Waals surface area contributed by atoms with Gasteiger partial charge in [-0.05, 0) is 31.9 Å². The maximum atomic E-state index is 10.1. The highest BCUT2D eigenvalue weighted by Gasteiger charge is 2.33. The van der Waals surface area contributed by atoms with Gasteiger partial charge in [-0.1, -0.05) is 51.1 Å². The smallest absolute Gasteiger partial charge is 0.0797 e. The summed E-state index contributed by atoms with van der Waals surface area (Å²) < 4.78 is 0. The van der Waals surface area contributed by atoms with Crippen molar-refractivity contribution >= 4 is 0 Å².